The van der Waals surface area contributed by atoms with Gasteiger partial charge in [0, 0.05) is 24.5 Å². The van der Waals surface area contributed by atoms with Crippen LogP contribution >= 0.6 is 0 Å². The lowest BCUT2D eigenvalue weighted by Crippen LogP contribution is -2.37. The number of nitrogens with one attached hydrogen (secondary N) is 1. The molecule has 0 amide bonds. The maximum absolute atomic E-state index is 12.4. The average Bonchev–Trinajstić information content (AvgIpc) is 3.07. The van der Waals surface area contributed by atoms with Gasteiger partial charge < -0.3 is 9.67 Å². The number of nitrogens with zero attached hydrogens (tertiary/aromatic N) is 1. The normalized spacial score (nSPS) is 18.6. The monoisotopic (exact) mass is 300 g/mol. The molecule has 0 bridgehead atoms. The molecule has 0 aromatic carbocycles. The van der Waals surface area contributed by atoms with E-state index in [1.807, 2.05) is 13.8 Å². The predicted octanol–water partition coefficient (Wildman–Crippen LogP) is 1.86. The highest BCUT2D eigenvalue weighted by Crippen LogP contribution is 2.28. The van der Waals surface area contributed by atoms with E-state index in [0.29, 0.717) is 18.2 Å². The Morgan fingerprint density at radius 3 is 2.60 bits per heavy atom. The largest absolute Gasteiger partial charge is 0.390 e. The molecule has 6 heteroatoms. The van der Waals surface area contributed by atoms with Gasteiger partial charge >= 0.3 is 0 Å². The van der Waals surface area contributed by atoms with Gasteiger partial charge in [-0.1, -0.05) is 12.8 Å². The van der Waals surface area contributed by atoms with Crippen LogP contribution in [0.2, 0.25) is 0 Å². The number of hydrogen-bond acceptors (Lipinski definition) is 3. The van der Waals surface area contributed by atoms with Crippen molar-refractivity contribution in [2.24, 2.45) is 5.92 Å². The summed E-state index contributed by atoms with van der Waals surface area (Å²) >= 11 is 0. The summed E-state index contributed by atoms with van der Waals surface area (Å²) in [6.07, 6.45) is 6.17. The molecular weight excluding hydrogens is 276 g/mol. The van der Waals surface area contributed by atoms with Gasteiger partial charge in [-0.3, -0.25) is 0 Å². The van der Waals surface area contributed by atoms with E-state index >= 15 is 0 Å². The molecule has 1 saturated carbocycles. The summed E-state index contributed by atoms with van der Waals surface area (Å²) in [5.41, 5.74) is 0.626. The van der Waals surface area contributed by atoms with E-state index in [9.17, 15) is 13.5 Å². The van der Waals surface area contributed by atoms with Gasteiger partial charge in [0.25, 0.3) is 0 Å². The summed E-state index contributed by atoms with van der Waals surface area (Å²) in [4.78, 5) is 0.244. The maximum Gasteiger partial charge on any atom is 0.242 e. The van der Waals surface area contributed by atoms with Crippen LogP contribution in [0.15, 0.2) is 17.2 Å². The molecule has 1 aromatic heterocycles. The van der Waals surface area contributed by atoms with Gasteiger partial charge in [-0.25, -0.2) is 13.1 Å². The number of aromatic nitrogens is 1. The lowest BCUT2D eigenvalue weighted by Gasteiger charge is -2.19. The van der Waals surface area contributed by atoms with Crippen LogP contribution in [-0.2, 0) is 23.2 Å². The van der Waals surface area contributed by atoms with E-state index in [2.05, 4.69) is 4.72 Å². The predicted molar refractivity (Wildman–Crippen MR) is 77.8 cm³/mol. The van der Waals surface area contributed by atoms with Crippen molar-refractivity contribution in [1.29, 1.82) is 0 Å². The topological polar surface area (TPSA) is 71.3 Å². The fraction of sp³-hybridized carbons (Fsp3) is 0.714. The second kappa shape index (κ2) is 6.28. The zero-order valence-electron chi connectivity index (χ0n) is 12.2. The molecule has 1 fully saturated rings. The molecule has 2 N–H and O–H groups in total. The molecule has 2 rings (SSSR count). The fourth-order valence-corrected chi connectivity index (χ4v) is 4.34. The highest BCUT2D eigenvalue weighted by molar-refractivity contribution is 7.89. The Balaban J connectivity index is 2.15. The van der Waals surface area contributed by atoms with Crippen LogP contribution in [-0.4, -0.2) is 24.1 Å². The van der Waals surface area contributed by atoms with E-state index in [4.69, 9.17) is 0 Å². The van der Waals surface area contributed by atoms with Crippen LogP contribution in [0.4, 0.5) is 0 Å². The summed E-state index contributed by atoms with van der Waals surface area (Å²) in [5.74, 6) is 0.440. The Morgan fingerprint density at radius 2 is 2.10 bits per heavy atom. The molecule has 20 heavy (non-hydrogen) atoms. The van der Waals surface area contributed by atoms with E-state index in [-0.39, 0.29) is 17.5 Å². The average molecular weight is 300 g/mol. The highest BCUT2D eigenvalue weighted by Gasteiger charge is 2.27. The molecule has 1 aliphatic carbocycles. The van der Waals surface area contributed by atoms with Gasteiger partial charge in [-0.05, 0) is 38.7 Å². The first-order chi connectivity index (χ1) is 9.47. The van der Waals surface area contributed by atoms with Crippen LogP contribution < -0.4 is 4.72 Å². The Kier molecular flexibility index (Phi) is 4.88. The Morgan fingerprint density at radius 1 is 1.45 bits per heavy atom. The van der Waals surface area contributed by atoms with Gasteiger partial charge in [-0.15, -0.1) is 0 Å². The van der Waals surface area contributed by atoms with Crippen molar-refractivity contribution < 1.29 is 13.5 Å². The second-order valence-electron chi connectivity index (χ2n) is 5.57. The number of hydrogen-bond donors (Lipinski definition) is 2. The van der Waals surface area contributed by atoms with Crippen LogP contribution in [0.1, 0.15) is 45.2 Å². The number of aliphatic hydroxyl groups is 1. The van der Waals surface area contributed by atoms with E-state index in [1.165, 1.54) is 12.8 Å². The molecule has 114 valence electrons. The number of sulfonamides is 1. The Bertz CT molecular complexity index is 523. The van der Waals surface area contributed by atoms with Crippen molar-refractivity contribution in [2.75, 3.05) is 0 Å². The van der Waals surface area contributed by atoms with Gasteiger partial charge in [0.2, 0.25) is 10.0 Å². The van der Waals surface area contributed by atoms with E-state index in [1.54, 1.807) is 16.8 Å². The van der Waals surface area contributed by atoms with Crippen molar-refractivity contribution >= 4 is 10.0 Å². The number of aliphatic hydroxyl groups excluding tert-OH is 1. The van der Waals surface area contributed by atoms with Crippen LogP contribution in [0.5, 0.6) is 0 Å². The van der Waals surface area contributed by atoms with Crippen molar-refractivity contribution in [3.63, 3.8) is 0 Å². The molecule has 5 nitrogen and oxygen atoms in total. The number of aryl methyl sites for hydroxylation is 1. The summed E-state index contributed by atoms with van der Waals surface area (Å²) in [7, 11) is -3.50. The third-order valence-corrected chi connectivity index (χ3v) is 5.75. The molecule has 0 saturated heterocycles. The van der Waals surface area contributed by atoms with Gasteiger partial charge in [-0.2, -0.15) is 0 Å². The fourth-order valence-electron chi connectivity index (χ4n) is 2.97. The second-order valence-corrected chi connectivity index (χ2v) is 7.28. The third kappa shape index (κ3) is 3.24. The van der Waals surface area contributed by atoms with Crippen LogP contribution in [0.25, 0.3) is 0 Å². The van der Waals surface area contributed by atoms with Crippen molar-refractivity contribution in [1.82, 2.24) is 9.29 Å². The zero-order chi connectivity index (χ0) is 14.8. The molecule has 1 atom stereocenters. The van der Waals surface area contributed by atoms with Gasteiger partial charge in [0.1, 0.15) is 0 Å². The van der Waals surface area contributed by atoms with Gasteiger partial charge in [0.05, 0.1) is 11.5 Å². The summed E-state index contributed by atoms with van der Waals surface area (Å²) < 4.78 is 29.3. The molecule has 1 heterocycles. The first kappa shape index (κ1) is 15.5. The quantitative estimate of drug-likeness (QED) is 0.842. The first-order valence-corrected chi connectivity index (χ1v) is 8.78. The SMILES string of the molecule is CCn1cc(S(=O)(=O)NC(C)C2CCCC2)cc1CO. The molecule has 0 radical (unpaired) electrons. The van der Waals surface area contributed by atoms with Crippen LogP contribution in [0, 0.1) is 5.92 Å². The Hall–Kier alpha value is -0.850. The zero-order valence-corrected chi connectivity index (χ0v) is 13.0. The summed E-state index contributed by atoms with van der Waals surface area (Å²) in [5, 5.41) is 9.25. The van der Waals surface area contributed by atoms with Gasteiger partial charge in [0.15, 0.2) is 0 Å². The molecular formula is C14H24N2O3S. The first-order valence-electron chi connectivity index (χ1n) is 7.30. The maximum atomic E-state index is 12.4. The van der Waals surface area contributed by atoms with Crippen molar-refractivity contribution in [3.05, 3.63) is 18.0 Å². The minimum Gasteiger partial charge on any atom is -0.390 e. The minimum atomic E-state index is -3.50. The molecule has 1 unspecified atom stereocenters. The molecule has 1 aromatic rings. The number of rotatable bonds is 6. The summed E-state index contributed by atoms with van der Waals surface area (Å²) in [6.45, 7) is 4.35. The Labute approximate surface area is 121 Å². The van der Waals surface area contributed by atoms with Crippen LogP contribution in [0.3, 0.4) is 0 Å². The van der Waals surface area contributed by atoms with E-state index < -0.39 is 10.0 Å². The summed E-state index contributed by atoms with van der Waals surface area (Å²) in [6, 6.07) is 1.51. The highest BCUT2D eigenvalue weighted by atomic mass is 32.2. The molecule has 1 aliphatic rings. The van der Waals surface area contributed by atoms with Crippen molar-refractivity contribution in [2.45, 2.75) is 63.6 Å². The third-order valence-electron chi connectivity index (χ3n) is 4.22. The molecule has 0 aliphatic heterocycles. The molecule has 0 spiro atoms. The lowest BCUT2D eigenvalue weighted by molar-refractivity contribution is 0.271. The minimum absolute atomic E-state index is 0.0370. The van der Waals surface area contributed by atoms with Crippen molar-refractivity contribution in [3.8, 4) is 0 Å². The smallest absolute Gasteiger partial charge is 0.242 e. The van der Waals surface area contributed by atoms with E-state index in [0.717, 1.165) is 12.8 Å². The standard InChI is InChI=1S/C14H24N2O3S/c1-3-16-9-14(8-13(16)10-17)20(18,19)15-11(2)12-6-4-5-7-12/h8-9,11-12,15,17H,3-7,10H2,1-2H3. The lowest BCUT2D eigenvalue weighted by atomic mass is 10.0.